The highest BCUT2D eigenvalue weighted by atomic mass is 16.6. The van der Waals surface area contributed by atoms with Crippen LogP contribution in [0.4, 0.5) is 5.69 Å². The maximum absolute atomic E-state index is 13.0. The van der Waals surface area contributed by atoms with Crippen molar-refractivity contribution in [1.29, 1.82) is 0 Å². The van der Waals surface area contributed by atoms with E-state index in [1.165, 1.54) is 28.2 Å². The summed E-state index contributed by atoms with van der Waals surface area (Å²) in [5, 5.41) is 14.9. The zero-order chi connectivity index (χ0) is 19.6. The first-order chi connectivity index (χ1) is 12.8. The minimum absolute atomic E-state index is 0.0734. The highest BCUT2D eigenvalue weighted by Gasteiger charge is 2.36. The third-order valence-corrected chi connectivity index (χ3v) is 5.02. The predicted molar refractivity (Wildman–Crippen MR) is 101 cm³/mol. The number of aryl methyl sites for hydroxylation is 1. The highest BCUT2D eigenvalue weighted by Crippen LogP contribution is 2.22. The second-order valence-electron chi connectivity index (χ2n) is 7.52. The van der Waals surface area contributed by atoms with Crippen molar-refractivity contribution in [2.45, 2.75) is 32.9 Å². The molecule has 1 fully saturated rings. The number of piperazine rings is 1. The standard InChI is InChI=1S/C19H25N5O3/c1-15-5-4-6-16(11-15)13-21-7-9-22(10-8-21)18(25)19(2,3)23-14-17(12-20-23)24(26)27/h4-6,11-12,14H,7-10,13H2,1-3H3. The maximum Gasteiger partial charge on any atom is 0.307 e. The first-order valence-electron chi connectivity index (χ1n) is 9.04. The van der Waals surface area contributed by atoms with Gasteiger partial charge >= 0.3 is 5.69 Å². The number of aromatic nitrogens is 2. The van der Waals surface area contributed by atoms with Crippen molar-refractivity contribution >= 4 is 11.6 Å². The Kier molecular flexibility index (Phi) is 5.27. The number of hydrogen-bond donors (Lipinski definition) is 0. The molecule has 1 amide bonds. The highest BCUT2D eigenvalue weighted by molar-refractivity contribution is 5.83. The van der Waals surface area contributed by atoms with E-state index in [4.69, 9.17) is 0 Å². The van der Waals surface area contributed by atoms with Gasteiger partial charge in [-0.1, -0.05) is 29.8 Å². The lowest BCUT2D eigenvalue weighted by Crippen LogP contribution is -2.54. The first-order valence-corrected chi connectivity index (χ1v) is 9.04. The fraction of sp³-hybridized carbons (Fsp3) is 0.474. The van der Waals surface area contributed by atoms with Gasteiger partial charge in [0.1, 0.15) is 17.9 Å². The van der Waals surface area contributed by atoms with Crippen molar-refractivity contribution in [3.05, 3.63) is 57.9 Å². The van der Waals surface area contributed by atoms with Gasteiger partial charge in [-0.15, -0.1) is 0 Å². The van der Waals surface area contributed by atoms with Crippen LogP contribution in [0.5, 0.6) is 0 Å². The van der Waals surface area contributed by atoms with Crippen LogP contribution in [0.15, 0.2) is 36.7 Å². The molecule has 3 rings (SSSR count). The van der Waals surface area contributed by atoms with E-state index in [1.54, 1.807) is 13.8 Å². The molecule has 8 nitrogen and oxygen atoms in total. The summed E-state index contributed by atoms with van der Waals surface area (Å²) in [5.74, 6) is -0.0734. The van der Waals surface area contributed by atoms with Gasteiger partial charge in [0, 0.05) is 32.7 Å². The second kappa shape index (κ2) is 7.48. The van der Waals surface area contributed by atoms with Gasteiger partial charge in [-0.05, 0) is 26.3 Å². The number of benzene rings is 1. The molecule has 27 heavy (non-hydrogen) atoms. The average Bonchev–Trinajstić information content (AvgIpc) is 3.13. The Bertz CT molecular complexity index is 837. The summed E-state index contributed by atoms with van der Waals surface area (Å²) in [4.78, 5) is 27.5. The van der Waals surface area contributed by atoms with Crippen LogP contribution in [0.25, 0.3) is 0 Å². The number of amides is 1. The van der Waals surface area contributed by atoms with Crippen molar-refractivity contribution in [2.75, 3.05) is 26.2 Å². The van der Waals surface area contributed by atoms with Gasteiger partial charge in [-0.3, -0.25) is 24.5 Å². The Morgan fingerprint density at radius 2 is 1.96 bits per heavy atom. The Balaban J connectivity index is 1.61. The van der Waals surface area contributed by atoms with Gasteiger partial charge in [-0.25, -0.2) is 0 Å². The van der Waals surface area contributed by atoms with E-state index in [-0.39, 0.29) is 11.6 Å². The summed E-state index contributed by atoms with van der Waals surface area (Å²) in [6, 6.07) is 8.46. The molecule has 0 radical (unpaired) electrons. The van der Waals surface area contributed by atoms with Crippen LogP contribution < -0.4 is 0 Å². The molecule has 0 spiro atoms. The van der Waals surface area contributed by atoms with Crippen LogP contribution >= 0.6 is 0 Å². The normalized spacial score (nSPS) is 15.7. The number of nitro groups is 1. The molecule has 0 saturated carbocycles. The summed E-state index contributed by atoms with van der Waals surface area (Å²) >= 11 is 0. The summed E-state index contributed by atoms with van der Waals surface area (Å²) < 4.78 is 1.38. The third kappa shape index (κ3) is 4.16. The molecule has 1 aliphatic heterocycles. The average molecular weight is 371 g/mol. The van der Waals surface area contributed by atoms with Crippen LogP contribution in [0, 0.1) is 17.0 Å². The smallest absolute Gasteiger partial charge is 0.307 e. The maximum atomic E-state index is 13.0. The minimum Gasteiger partial charge on any atom is -0.338 e. The van der Waals surface area contributed by atoms with Crippen molar-refractivity contribution < 1.29 is 9.72 Å². The predicted octanol–water partition coefficient (Wildman–Crippen LogP) is 2.18. The second-order valence-corrected chi connectivity index (χ2v) is 7.52. The molecule has 2 aromatic rings. The number of nitrogens with zero attached hydrogens (tertiary/aromatic N) is 5. The number of rotatable bonds is 5. The lowest BCUT2D eigenvalue weighted by molar-refractivity contribution is -0.385. The molecule has 2 heterocycles. The largest absolute Gasteiger partial charge is 0.338 e. The van der Waals surface area contributed by atoms with E-state index >= 15 is 0 Å². The zero-order valence-corrected chi connectivity index (χ0v) is 16.0. The molecule has 0 N–H and O–H groups in total. The Morgan fingerprint density at radius 3 is 2.56 bits per heavy atom. The van der Waals surface area contributed by atoms with Crippen molar-refractivity contribution in [2.24, 2.45) is 0 Å². The lowest BCUT2D eigenvalue weighted by atomic mass is 10.0. The SMILES string of the molecule is Cc1cccc(CN2CCN(C(=O)C(C)(C)n3cc([N+](=O)[O-])cn3)CC2)c1. The minimum atomic E-state index is -0.965. The van der Waals surface area contributed by atoms with Crippen LogP contribution in [0.1, 0.15) is 25.0 Å². The molecule has 144 valence electrons. The van der Waals surface area contributed by atoms with Crippen molar-refractivity contribution in [3.63, 3.8) is 0 Å². The number of carbonyl (C=O) groups is 1. The Hall–Kier alpha value is -2.74. The quantitative estimate of drug-likeness (QED) is 0.594. The van der Waals surface area contributed by atoms with Gasteiger partial charge in [0.2, 0.25) is 5.91 Å². The van der Waals surface area contributed by atoms with E-state index in [2.05, 4.69) is 41.2 Å². The van der Waals surface area contributed by atoms with Crippen molar-refractivity contribution in [3.8, 4) is 0 Å². The molecule has 1 saturated heterocycles. The molecular weight excluding hydrogens is 346 g/mol. The van der Waals surface area contributed by atoms with Crippen LogP contribution in [-0.4, -0.2) is 56.6 Å². The van der Waals surface area contributed by atoms with Crippen LogP contribution in [0.3, 0.4) is 0 Å². The van der Waals surface area contributed by atoms with Gasteiger partial charge in [0.05, 0.1) is 4.92 Å². The molecular formula is C19H25N5O3. The monoisotopic (exact) mass is 371 g/mol. The molecule has 8 heteroatoms. The van der Waals surface area contributed by atoms with Gasteiger partial charge in [-0.2, -0.15) is 5.10 Å². The van der Waals surface area contributed by atoms with Gasteiger partial charge in [0.25, 0.3) is 0 Å². The van der Waals surface area contributed by atoms with Gasteiger partial charge < -0.3 is 4.90 Å². The third-order valence-electron chi connectivity index (χ3n) is 5.02. The molecule has 0 atom stereocenters. The summed E-state index contributed by atoms with van der Waals surface area (Å²) in [6.07, 6.45) is 2.49. The van der Waals surface area contributed by atoms with Gasteiger partial charge in [0.15, 0.2) is 0 Å². The van der Waals surface area contributed by atoms with E-state index in [1.807, 2.05) is 4.90 Å². The molecule has 0 bridgehead atoms. The fourth-order valence-electron chi connectivity index (χ4n) is 3.38. The van der Waals surface area contributed by atoms with Crippen LogP contribution in [-0.2, 0) is 16.9 Å². The summed E-state index contributed by atoms with van der Waals surface area (Å²) in [7, 11) is 0. The lowest BCUT2D eigenvalue weighted by Gasteiger charge is -2.38. The Labute approximate surface area is 158 Å². The molecule has 0 aliphatic carbocycles. The van der Waals surface area contributed by atoms with Crippen LogP contribution in [0.2, 0.25) is 0 Å². The summed E-state index contributed by atoms with van der Waals surface area (Å²) in [6.45, 7) is 9.32. The topological polar surface area (TPSA) is 84.5 Å². The van der Waals surface area contributed by atoms with Crippen molar-refractivity contribution in [1.82, 2.24) is 19.6 Å². The zero-order valence-electron chi connectivity index (χ0n) is 16.0. The molecule has 1 aromatic heterocycles. The molecule has 1 aliphatic rings. The molecule has 1 aromatic carbocycles. The molecule has 0 unspecified atom stereocenters. The summed E-state index contributed by atoms with van der Waals surface area (Å²) in [5.41, 5.74) is 1.45. The number of hydrogen-bond acceptors (Lipinski definition) is 5. The van der Waals surface area contributed by atoms with E-state index in [9.17, 15) is 14.9 Å². The van der Waals surface area contributed by atoms with E-state index in [0.717, 1.165) is 19.6 Å². The van der Waals surface area contributed by atoms with E-state index < -0.39 is 10.5 Å². The Morgan fingerprint density at radius 1 is 1.26 bits per heavy atom. The first kappa shape index (κ1) is 19.0. The number of carbonyl (C=O) groups excluding carboxylic acids is 1. The fourth-order valence-corrected chi connectivity index (χ4v) is 3.38. The van der Waals surface area contributed by atoms with E-state index in [0.29, 0.717) is 13.1 Å².